The van der Waals surface area contributed by atoms with Crippen LogP contribution < -0.4 is 4.72 Å². The van der Waals surface area contributed by atoms with Gasteiger partial charge < -0.3 is 4.90 Å². The number of carbonyl (C=O) groups excluding carboxylic acids is 1. The SMILES string of the molecule is O=C([C@H](Cc1ccccc1)NS(=O)(=O)c1ccc(Cl)cc1)N1CCCC1. The summed E-state index contributed by atoms with van der Waals surface area (Å²) in [4.78, 5) is 14.7. The highest BCUT2D eigenvalue weighted by atomic mass is 35.5. The number of likely N-dealkylation sites (tertiary alicyclic amines) is 1. The molecule has 1 atom stereocenters. The highest BCUT2D eigenvalue weighted by Crippen LogP contribution is 2.17. The number of nitrogens with one attached hydrogen (secondary N) is 1. The zero-order chi connectivity index (χ0) is 18.6. The molecule has 0 aromatic heterocycles. The molecule has 0 saturated carbocycles. The minimum absolute atomic E-state index is 0.0918. The Labute approximate surface area is 159 Å². The number of halogens is 1. The summed E-state index contributed by atoms with van der Waals surface area (Å²) in [6.45, 7) is 1.35. The summed E-state index contributed by atoms with van der Waals surface area (Å²) < 4.78 is 28.1. The van der Waals surface area contributed by atoms with E-state index in [0.717, 1.165) is 18.4 Å². The quantitative estimate of drug-likeness (QED) is 0.822. The zero-order valence-corrected chi connectivity index (χ0v) is 15.8. The van der Waals surface area contributed by atoms with Crippen LogP contribution in [-0.4, -0.2) is 38.4 Å². The molecule has 7 heteroatoms. The van der Waals surface area contributed by atoms with Gasteiger partial charge in [0.15, 0.2) is 0 Å². The Morgan fingerprint density at radius 1 is 1.04 bits per heavy atom. The summed E-state index contributed by atoms with van der Waals surface area (Å²) in [5.74, 6) is -0.177. The number of nitrogens with zero attached hydrogens (tertiary/aromatic N) is 1. The van der Waals surface area contributed by atoms with Crippen LogP contribution in [0, 0.1) is 0 Å². The predicted octanol–water partition coefficient (Wildman–Crippen LogP) is 2.85. The Bertz CT molecular complexity index is 848. The van der Waals surface area contributed by atoms with Crippen LogP contribution in [0.4, 0.5) is 0 Å². The van der Waals surface area contributed by atoms with Crippen molar-refractivity contribution in [3.63, 3.8) is 0 Å². The number of hydrogen-bond donors (Lipinski definition) is 1. The monoisotopic (exact) mass is 392 g/mol. The summed E-state index contributed by atoms with van der Waals surface area (Å²) in [5, 5.41) is 0.456. The van der Waals surface area contributed by atoms with Crippen LogP contribution in [0.3, 0.4) is 0 Å². The van der Waals surface area contributed by atoms with Crippen molar-refractivity contribution in [1.29, 1.82) is 0 Å². The van der Waals surface area contributed by atoms with Crippen LogP contribution >= 0.6 is 11.6 Å². The molecular formula is C19H21ClN2O3S. The summed E-state index contributed by atoms with van der Waals surface area (Å²) in [6, 6.07) is 14.5. The number of hydrogen-bond acceptors (Lipinski definition) is 3. The second kappa shape index (κ2) is 8.20. The molecule has 1 heterocycles. The minimum atomic E-state index is -3.83. The van der Waals surface area contributed by atoms with E-state index in [2.05, 4.69) is 4.72 Å². The summed E-state index contributed by atoms with van der Waals surface area (Å²) in [6.07, 6.45) is 2.21. The lowest BCUT2D eigenvalue weighted by Crippen LogP contribution is -2.48. The molecule has 0 unspecified atom stereocenters. The molecule has 138 valence electrons. The van der Waals surface area contributed by atoms with Gasteiger partial charge in [0.1, 0.15) is 6.04 Å². The second-order valence-corrected chi connectivity index (χ2v) is 8.50. The van der Waals surface area contributed by atoms with E-state index in [1.807, 2.05) is 30.3 Å². The molecule has 0 spiro atoms. The lowest BCUT2D eigenvalue weighted by molar-refractivity contribution is -0.131. The van der Waals surface area contributed by atoms with E-state index in [1.54, 1.807) is 4.90 Å². The summed E-state index contributed by atoms with van der Waals surface area (Å²) in [5.41, 5.74) is 0.906. The first-order valence-electron chi connectivity index (χ1n) is 8.56. The van der Waals surface area contributed by atoms with Gasteiger partial charge in [0.2, 0.25) is 15.9 Å². The molecule has 5 nitrogen and oxygen atoms in total. The zero-order valence-electron chi connectivity index (χ0n) is 14.3. The maximum absolute atomic E-state index is 12.9. The largest absolute Gasteiger partial charge is 0.341 e. The average Bonchev–Trinajstić information content (AvgIpc) is 3.16. The Balaban J connectivity index is 1.84. The predicted molar refractivity (Wildman–Crippen MR) is 102 cm³/mol. The van der Waals surface area contributed by atoms with E-state index in [-0.39, 0.29) is 10.8 Å². The summed E-state index contributed by atoms with van der Waals surface area (Å²) in [7, 11) is -3.83. The van der Waals surface area contributed by atoms with Gasteiger partial charge in [0, 0.05) is 18.1 Å². The van der Waals surface area contributed by atoms with Gasteiger partial charge in [-0.25, -0.2) is 8.42 Å². The van der Waals surface area contributed by atoms with Crippen molar-refractivity contribution in [1.82, 2.24) is 9.62 Å². The van der Waals surface area contributed by atoms with Crippen LogP contribution in [0.1, 0.15) is 18.4 Å². The van der Waals surface area contributed by atoms with Crippen molar-refractivity contribution in [2.45, 2.75) is 30.2 Å². The lowest BCUT2D eigenvalue weighted by atomic mass is 10.1. The van der Waals surface area contributed by atoms with Gasteiger partial charge in [-0.3, -0.25) is 4.79 Å². The molecule has 1 fully saturated rings. The minimum Gasteiger partial charge on any atom is -0.341 e. The van der Waals surface area contributed by atoms with E-state index in [0.29, 0.717) is 24.5 Å². The van der Waals surface area contributed by atoms with E-state index in [4.69, 9.17) is 11.6 Å². The third-order valence-electron chi connectivity index (χ3n) is 4.42. The van der Waals surface area contributed by atoms with Gasteiger partial charge in [-0.05, 0) is 49.1 Å². The van der Waals surface area contributed by atoms with Crippen molar-refractivity contribution in [2.24, 2.45) is 0 Å². The first-order chi connectivity index (χ1) is 12.5. The molecule has 26 heavy (non-hydrogen) atoms. The fourth-order valence-corrected chi connectivity index (χ4v) is 4.37. The number of rotatable bonds is 6. The van der Waals surface area contributed by atoms with Gasteiger partial charge in [-0.1, -0.05) is 41.9 Å². The molecule has 1 aliphatic rings. The summed E-state index contributed by atoms with van der Waals surface area (Å²) >= 11 is 5.84. The van der Waals surface area contributed by atoms with Crippen LogP contribution in [0.15, 0.2) is 59.5 Å². The third kappa shape index (κ3) is 4.63. The highest BCUT2D eigenvalue weighted by molar-refractivity contribution is 7.89. The molecule has 3 rings (SSSR count). The number of benzene rings is 2. The number of amides is 1. The van der Waals surface area contributed by atoms with Crippen LogP contribution in [0.25, 0.3) is 0 Å². The molecular weight excluding hydrogens is 372 g/mol. The Morgan fingerprint density at radius 2 is 1.65 bits per heavy atom. The molecule has 1 N–H and O–H groups in total. The van der Waals surface area contributed by atoms with Crippen molar-refractivity contribution >= 4 is 27.5 Å². The van der Waals surface area contributed by atoms with E-state index in [9.17, 15) is 13.2 Å². The smallest absolute Gasteiger partial charge is 0.241 e. The Kier molecular flexibility index (Phi) is 5.96. The second-order valence-electron chi connectivity index (χ2n) is 6.35. The molecule has 2 aromatic carbocycles. The topological polar surface area (TPSA) is 66.5 Å². The first-order valence-corrected chi connectivity index (χ1v) is 10.4. The number of sulfonamides is 1. The van der Waals surface area contributed by atoms with E-state index in [1.165, 1.54) is 24.3 Å². The molecule has 1 saturated heterocycles. The number of carbonyl (C=O) groups is 1. The maximum Gasteiger partial charge on any atom is 0.241 e. The Hall–Kier alpha value is -1.89. The van der Waals surface area contributed by atoms with Crippen molar-refractivity contribution < 1.29 is 13.2 Å². The van der Waals surface area contributed by atoms with Gasteiger partial charge >= 0.3 is 0 Å². The fraction of sp³-hybridized carbons (Fsp3) is 0.316. The molecule has 0 radical (unpaired) electrons. The van der Waals surface area contributed by atoms with Crippen LogP contribution in [0.2, 0.25) is 5.02 Å². The van der Waals surface area contributed by atoms with Crippen molar-refractivity contribution in [3.8, 4) is 0 Å². The van der Waals surface area contributed by atoms with Gasteiger partial charge in [-0.2, -0.15) is 4.72 Å². The first kappa shape index (κ1) is 18.9. The van der Waals surface area contributed by atoms with Crippen molar-refractivity contribution in [3.05, 3.63) is 65.2 Å². The average molecular weight is 393 g/mol. The standard InChI is InChI=1S/C19H21ClN2O3S/c20-16-8-10-17(11-9-16)26(24,25)21-18(14-15-6-2-1-3-7-15)19(23)22-12-4-5-13-22/h1-3,6-11,18,21H,4-5,12-14H2/t18-/m0/s1. The van der Waals surface area contributed by atoms with Gasteiger partial charge in [-0.15, -0.1) is 0 Å². The van der Waals surface area contributed by atoms with Gasteiger partial charge in [0.25, 0.3) is 0 Å². The van der Waals surface area contributed by atoms with Crippen LogP contribution in [0.5, 0.6) is 0 Å². The Morgan fingerprint density at radius 3 is 2.27 bits per heavy atom. The van der Waals surface area contributed by atoms with Crippen LogP contribution in [-0.2, 0) is 21.2 Å². The molecule has 1 amide bonds. The highest BCUT2D eigenvalue weighted by Gasteiger charge is 2.30. The fourth-order valence-electron chi connectivity index (χ4n) is 3.06. The maximum atomic E-state index is 12.9. The normalized spacial score (nSPS) is 15.8. The van der Waals surface area contributed by atoms with E-state index >= 15 is 0 Å². The van der Waals surface area contributed by atoms with Gasteiger partial charge in [0.05, 0.1) is 4.90 Å². The molecule has 1 aliphatic heterocycles. The molecule has 0 aliphatic carbocycles. The third-order valence-corrected chi connectivity index (χ3v) is 6.16. The van der Waals surface area contributed by atoms with Crippen molar-refractivity contribution in [2.75, 3.05) is 13.1 Å². The molecule has 2 aromatic rings. The van der Waals surface area contributed by atoms with E-state index < -0.39 is 16.1 Å². The molecule has 0 bridgehead atoms. The lowest BCUT2D eigenvalue weighted by Gasteiger charge is -2.24.